The van der Waals surface area contributed by atoms with E-state index in [0.29, 0.717) is 48.5 Å². The van der Waals surface area contributed by atoms with Gasteiger partial charge in [0.25, 0.3) is 0 Å². The number of nitrogen functional groups attached to an aromatic ring is 1. The number of rotatable bonds is 9. The highest BCUT2D eigenvalue weighted by Crippen LogP contribution is 2.44. The van der Waals surface area contributed by atoms with E-state index in [2.05, 4.69) is 20.3 Å². The summed E-state index contributed by atoms with van der Waals surface area (Å²) in [4.78, 5) is 24.9. The molecule has 1 aliphatic carbocycles. The molecule has 4 heterocycles. The molecule has 3 aromatic rings. The normalized spacial score (nSPS) is 29.7. The van der Waals surface area contributed by atoms with Gasteiger partial charge in [-0.3, -0.25) is 9.36 Å². The van der Waals surface area contributed by atoms with Gasteiger partial charge in [-0.15, -0.1) is 0 Å². The average Bonchev–Trinajstić information content (AvgIpc) is 3.53. The van der Waals surface area contributed by atoms with Crippen molar-refractivity contribution in [3.8, 4) is 0 Å². The largest absolute Gasteiger partial charge is 0.461 e. The maximum Gasteiger partial charge on any atom is 0.306 e. The summed E-state index contributed by atoms with van der Waals surface area (Å²) in [5.41, 5.74) is 8.13. The van der Waals surface area contributed by atoms with Crippen LogP contribution in [0.25, 0.3) is 11.2 Å². The predicted molar refractivity (Wildman–Crippen MR) is 137 cm³/mol. The molecule has 11 heteroatoms. The van der Waals surface area contributed by atoms with Crippen molar-refractivity contribution in [3.63, 3.8) is 0 Å². The molecule has 0 spiro atoms. The van der Waals surface area contributed by atoms with Crippen LogP contribution in [0.3, 0.4) is 0 Å². The summed E-state index contributed by atoms with van der Waals surface area (Å²) < 4.78 is 26.2. The molecule has 11 nitrogen and oxygen atoms in total. The van der Waals surface area contributed by atoms with Crippen molar-refractivity contribution in [1.82, 2.24) is 24.8 Å². The Hall–Kier alpha value is -3.12. The van der Waals surface area contributed by atoms with Crippen LogP contribution < -0.4 is 11.1 Å². The van der Waals surface area contributed by atoms with Gasteiger partial charge in [0.05, 0.1) is 6.33 Å². The van der Waals surface area contributed by atoms with Gasteiger partial charge in [-0.05, 0) is 44.6 Å². The molecule has 38 heavy (non-hydrogen) atoms. The predicted octanol–water partition coefficient (Wildman–Crippen LogP) is 2.72. The van der Waals surface area contributed by atoms with Gasteiger partial charge >= 0.3 is 5.97 Å². The molecular weight excluding hydrogens is 488 g/mol. The number of nitrogens with two attached hydrogens (primary N) is 1. The third-order valence-electron chi connectivity index (χ3n) is 7.63. The molecule has 2 aliphatic heterocycles. The van der Waals surface area contributed by atoms with E-state index in [1.54, 1.807) is 6.33 Å². The summed E-state index contributed by atoms with van der Waals surface area (Å²) in [6.07, 6.45) is 5.28. The molecule has 202 valence electrons. The minimum atomic E-state index is -0.712. The number of benzene rings is 1. The number of imidazole rings is 1. The van der Waals surface area contributed by atoms with Crippen LogP contribution in [0.15, 0.2) is 43.0 Å². The van der Waals surface area contributed by atoms with Crippen molar-refractivity contribution >= 4 is 23.0 Å². The maximum absolute atomic E-state index is 12.1. The van der Waals surface area contributed by atoms with Gasteiger partial charge in [0.2, 0.25) is 0 Å². The lowest BCUT2D eigenvalue weighted by Crippen LogP contribution is -2.47. The van der Waals surface area contributed by atoms with Crippen LogP contribution in [0.1, 0.15) is 51.3 Å². The lowest BCUT2D eigenvalue weighted by atomic mass is 9.77. The summed E-state index contributed by atoms with van der Waals surface area (Å²) in [5, 5.41) is 3.63. The van der Waals surface area contributed by atoms with Crippen LogP contribution in [0.4, 0.5) is 5.82 Å². The number of fused-ring (bicyclic) bond motifs is 2. The Labute approximate surface area is 221 Å². The van der Waals surface area contributed by atoms with Gasteiger partial charge in [0.15, 0.2) is 23.5 Å². The van der Waals surface area contributed by atoms with Crippen LogP contribution in [0.5, 0.6) is 0 Å². The second-order valence-corrected chi connectivity index (χ2v) is 10.8. The third kappa shape index (κ3) is 5.11. The fraction of sp³-hybridized carbons (Fsp3) is 0.556. The second-order valence-electron chi connectivity index (χ2n) is 10.8. The first-order valence-corrected chi connectivity index (χ1v) is 13.2. The van der Waals surface area contributed by atoms with Crippen molar-refractivity contribution < 1.29 is 23.7 Å². The number of nitrogens with one attached hydrogen (secondary N) is 1. The highest BCUT2D eigenvalue weighted by Gasteiger charge is 2.56. The van der Waals surface area contributed by atoms with Crippen molar-refractivity contribution in [2.24, 2.45) is 5.92 Å². The Morgan fingerprint density at radius 3 is 2.76 bits per heavy atom. The highest BCUT2D eigenvalue weighted by molar-refractivity contribution is 5.81. The first-order valence-electron chi connectivity index (χ1n) is 13.2. The Bertz CT molecular complexity index is 1280. The van der Waals surface area contributed by atoms with Crippen molar-refractivity contribution in [2.45, 2.75) is 82.5 Å². The van der Waals surface area contributed by atoms with E-state index in [0.717, 1.165) is 24.8 Å². The summed E-state index contributed by atoms with van der Waals surface area (Å²) in [5.74, 6) is 0.00172. The smallest absolute Gasteiger partial charge is 0.306 e. The van der Waals surface area contributed by atoms with Gasteiger partial charge in [0, 0.05) is 19.0 Å². The molecular formula is C27H34N6O5. The lowest BCUT2D eigenvalue weighted by molar-refractivity contribution is -0.196. The van der Waals surface area contributed by atoms with E-state index < -0.39 is 12.0 Å². The zero-order valence-electron chi connectivity index (χ0n) is 21.7. The minimum absolute atomic E-state index is 0.137. The molecule has 3 aliphatic rings. The summed E-state index contributed by atoms with van der Waals surface area (Å²) in [7, 11) is 0. The third-order valence-corrected chi connectivity index (χ3v) is 7.63. The molecule has 4 atom stereocenters. The van der Waals surface area contributed by atoms with E-state index in [1.807, 2.05) is 48.7 Å². The molecule has 2 aromatic heterocycles. The molecule has 3 fully saturated rings. The van der Waals surface area contributed by atoms with Gasteiger partial charge < -0.3 is 30.0 Å². The SMILES string of the molecule is CC1(C)OC2[C@@H](O1)C(n1cnc3c(N)ncnc31)O[C@@H]2CNC1CC(CCC(=O)OCc2ccccc2)C1. The molecule has 6 rings (SSSR count). The van der Waals surface area contributed by atoms with E-state index in [-0.39, 0.29) is 24.3 Å². The number of carbonyl (C=O) groups excluding carboxylic acids is 1. The molecule has 0 bridgehead atoms. The minimum Gasteiger partial charge on any atom is -0.461 e. The molecule has 0 radical (unpaired) electrons. The molecule has 1 saturated carbocycles. The first-order chi connectivity index (χ1) is 18.4. The average molecular weight is 523 g/mol. The van der Waals surface area contributed by atoms with Crippen molar-refractivity contribution in [1.29, 1.82) is 0 Å². The molecule has 3 N–H and O–H groups in total. The maximum atomic E-state index is 12.1. The number of anilines is 1. The zero-order valence-corrected chi connectivity index (χ0v) is 21.7. The Balaban J connectivity index is 0.992. The Kier molecular flexibility index (Phi) is 6.77. The fourth-order valence-corrected chi connectivity index (χ4v) is 5.66. The standard InChI is InChI=1S/C27H34N6O5/c1-27(2)37-22-19(36-26(23(22)38-27)33-15-32-21-24(28)30-14-31-25(21)33)12-29-18-10-17(11-18)8-9-20(34)35-13-16-6-4-3-5-7-16/h3-7,14-15,17-19,22-23,26,29H,8-13H2,1-2H3,(H2,28,30,31)/t17?,18?,19-,22?,23-,26?/m1/s1. The van der Waals surface area contributed by atoms with Crippen LogP contribution >= 0.6 is 0 Å². The topological polar surface area (TPSA) is 136 Å². The highest BCUT2D eigenvalue weighted by atomic mass is 16.8. The monoisotopic (exact) mass is 522 g/mol. The van der Waals surface area contributed by atoms with Crippen molar-refractivity contribution in [3.05, 3.63) is 48.5 Å². The summed E-state index contributed by atoms with van der Waals surface area (Å²) in [6.45, 7) is 4.80. The molecule has 2 unspecified atom stereocenters. The number of carbonyl (C=O) groups is 1. The van der Waals surface area contributed by atoms with Crippen LogP contribution in [-0.2, 0) is 30.3 Å². The van der Waals surface area contributed by atoms with Crippen LogP contribution in [-0.4, -0.2) is 62.2 Å². The summed E-state index contributed by atoms with van der Waals surface area (Å²) in [6, 6.07) is 10.1. The number of hydrogen-bond donors (Lipinski definition) is 2. The number of nitrogens with zero attached hydrogens (tertiary/aromatic N) is 4. The number of aromatic nitrogens is 4. The zero-order chi connectivity index (χ0) is 26.3. The van der Waals surface area contributed by atoms with Gasteiger partial charge in [-0.1, -0.05) is 30.3 Å². The van der Waals surface area contributed by atoms with Crippen molar-refractivity contribution in [2.75, 3.05) is 12.3 Å². The van der Waals surface area contributed by atoms with E-state index >= 15 is 0 Å². The summed E-state index contributed by atoms with van der Waals surface area (Å²) >= 11 is 0. The molecule has 2 saturated heterocycles. The quantitative estimate of drug-likeness (QED) is 0.404. The van der Waals surface area contributed by atoms with Gasteiger partial charge in [-0.2, -0.15) is 0 Å². The number of esters is 1. The number of ether oxygens (including phenoxy) is 4. The van der Waals surface area contributed by atoms with E-state index in [9.17, 15) is 4.79 Å². The first kappa shape index (κ1) is 25.2. The fourth-order valence-electron chi connectivity index (χ4n) is 5.66. The number of hydrogen-bond acceptors (Lipinski definition) is 10. The lowest BCUT2D eigenvalue weighted by Gasteiger charge is -2.37. The van der Waals surface area contributed by atoms with E-state index in [1.165, 1.54) is 6.33 Å². The van der Waals surface area contributed by atoms with Crippen LogP contribution in [0.2, 0.25) is 0 Å². The molecule has 0 amide bonds. The second kappa shape index (κ2) is 10.2. The van der Waals surface area contributed by atoms with E-state index in [4.69, 9.17) is 24.7 Å². The Morgan fingerprint density at radius 2 is 1.95 bits per heavy atom. The van der Waals surface area contributed by atoms with Crippen LogP contribution in [0, 0.1) is 5.92 Å². The Morgan fingerprint density at radius 1 is 1.16 bits per heavy atom. The van der Waals surface area contributed by atoms with Gasteiger partial charge in [-0.25, -0.2) is 15.0 Å². The van der Waals surface area contributed by atoms with Gasteiger partial charge in [0.1, 0.15) is 36.8 Å². The molecule has 1 aromatic carbocycles.